The van der Waals surface area contributed by atoms with E-state index in [4.69, 9.17) is 0 Å². The maximum Gasteiger partial charge on any atom is 0.179 e. The molecule has 1 aliphatic rings. The number of ketones is 1. The number of carbonyl (C=O) groups excluding carboxylic acids is 1. The second kappa shape index (κ2) is 4.98. The Labute approximate surface area is 120 Å². The lowest BCUT2D eigenvalue weighted by atomic mass is 9.95. The molecule has 0 aliphatic heterocycles. The van der Waals surface area contributed by atoms with Crippen molar-refractivity contribution >= 4 is 32.9 Å². The van der Waals surface area contributed by atoms with Gasteiger partial charge in [0.25, 0.3) is 0 Å². The summed E-state index contributed by atoms with van der Waals surface area (Å²) < 4.78 is 1.01. The standard InChI is InChI=1S/C17H11BrO/c18-14-8-4-7-13(9-14)17-11-15(19)10-16(17)12-5-2-1-3-6-12/h1-11H. The van der Waals surface area contributed by atoms with E-state index in [1.54, 1.807) is 12.2 Å². The molecular formula is C17H11BrO. The van der Waals surface area contributed by atoms with Crippen molar-refractivity contribution in [3.8, 4) is 0 Å². The highest BCUT2D eigenvalue weighted by Gasteiger charge is 2.18. The highest BCUT2D eigenvalue weighted by molar-refractivity contribution is 9.10. The second-order valence-corrected chi connectivity index (χ2v) is 5.31. The Bertz CT molecular complexity index is 696. The lowest BCUT2D eigenvalue weighted by Gasteiger charge is -2.09. The first-order valence-electron chi connectivity index (χ1n) is 6.03. The van der Waals surface area contributed by atoms with E-state index in [0.29, 0.717) is 0 Å². The fraction of sp³-hybridized carbons (Fsp3) is 0. The molecule has 0 aromatic heterocycles. The number of allylic oxidation sites excluding steroid dienone is 4. The molecule has 92 valence electrons. The third kappa shape index (κ3) is 2.45. The average Bonchev–Trinajstić information content (AvgIpc) is 2.82. The molecule has 2 aromatic rings. The van der Waals surface area contributed by atoms with Gasteiger partial charge in [0.15, 0.2) is 5.78 Å². The zero-order valence-electron chi connectivity index (χ0n) is 10.1. The largest absolute Gasteiger partial charge is 0.290 e. The predicted molar refractivity (Wildman–Crippen MR) is 81.5 cm³/mol. The summed E-state index contributed by atoms with van der Waals surface area (Å²) in [6.45, 7) is 0. The van der Waals surface area contributed by atoms with Crippen LogP contribution in [0, 0.1) is 0 Å². The van der Waals surface area contributed by atoms with Crippen molar-refractivity contribution in [2.45, 2.75) is 0 Å². The van der Waals surface area contributed by atoms with Crippen LogP contribution in [-0.4, -0.2) is 5.78 Å². The molecule has 1 nitrogen and oxygen atoms in total. The quantitative estimate of drug-likeness (QED) is 0.798. The van der Waals surface area contributed by atoms with Crippen molar-refractivity contribution < 1.29 is 4.79 Å². The summed E-state index contributed by atoms with van der Waals surface area (Å²) in [4.78, 5) is 11.7. The van der Waals surface area contributed by atoms with Crippen LogP contribution in [0.2, 0.25) is 0 Å². The van der Waals surface area contributed by atoms with Crippen LogP contribution in [0.5, 0.6) is 0 Å². The number of carbonyl (C=O) groups is 1. The molecule has 19 heavy (non-hydrogen) atoms. The van der Waals surface area contributed by atoms with Crippen molar-refractivity contribution in [3.05, 3.63) is 82.3 Å². The van der Waals surface area contributed by atoms with Gasteiger partial charge >= 0.3 is 0 Å². The first-order valence-corrected chi connectivity index (χ1v) is 6.82. The summed E-state index contributed by atoms with van der Waals surface area (Å²) in [5.74, 6) is 0.0498. The molecule has 0 atom stereocenters. The van der Waals surface area contributed by atoms with Crippen molar-refractivity contribution in [1.29, 1.82) is 0 Å². The second-order valence-electron chi connectivity index (χ2n) is 4.39. The molecule has 0 radical (unpaired) electrons. The van der Waals surface area contributed by atoms with Gasteiger partial charge in [0.1, 0.15) is 0 Å². The fourth-order valence-electron chi connectivity index (χ4n) is 2.23. The molecule has 1 aliphatic carbocycles. The summed E-state index contributed by atoms with van der Waals surface area (Å²) >= 11 is 3.47. The molecule has 0 spiro atoms. The molecule has 0 fully saturated rings. The smallest absolute Gasteiger partial charge is 0.179 e. The molecule has 0 saturated heterocycles. The van der Waals surface area contributed by atoms with Crippen LogP contribution >= 0.6 is 15.9 Å². The normalized spacial score (nSPS) is 14.3. The van der Waals surface area contributed by atoms with E-state index in [1.807, 2.05) is 54.6 Å². The van der Waals surface area contributed by atoms with Gasteiger partial charge in [-0.1, -0.05) is 58.4 Å². The highest BCUT2D eigenvalue weighted by atomic mass is 79.9. The van der Waals surface area contributed by atoms with Crippen LogP contribution in [0.25, 0.3) is 11.1 Å². The van der Waals surface area contributed by atoms with Crippen molar-refractivity contribution in [1.82, 2.24) is 0 Å². The average molecular weight is 311 g/mol. The van der Waals surface area contributed by atoms with Gasteiger partial charge < -0.3 is 0 Å². The molecule has 0 unspecified atom stereocenters. The molecular weight excluding hydrogens is 300 g/mol. The van der Waals surface area contributed by atoms with E-state index in [1.165, 1.54) is 0 Å². The molecule has 0 amide bonds. The fourth-order valence-corrected chi connectivity index (χ4v) is 2.63. The zero-order chi connectivity index (χ0) is 13.2. The minimum atomic E-state index is 0.0498. The van der Waals surface area contributed by atoms with E-state index in [2.05, 4.69) is 15.9 Å². The first-order chi connectivity index (χ1) is 9.24. The number of halogens is 1. The Balaban J connectivity index is 2.09. The topological polar surface area (TPSA) is 17.1 Å². The predicted octanol–water partition coefficient (Wildman–Crippen LogP) is 4.50. The number of hydrogen-bond donors (Lipinski definition) is 0. The lowest BCUT2D eigenvalue weighted by Crippen LogP contribution is -1.87. The number of rotatable bonds is 2. The van der Waals surface area contributed by atoms with E-state index < -0.39 is 0 Å². The third-order valence-electron chi connectivity index (χ3n) is 3.08. The van der Waals surface area contributed by atoms with Gasteiger partial charge in [-0.05, 0) is 46.6 Å². The molecule has 2 aromatic carbocycles. The lowest BCUT2D eigenvalue weighted by molar-refractivity contribution is -0.110. The van der Waals surface area contributed by atoms with Gasteiger partial charge in [0.05, 0.1) is 0 Å². The van der Waals surface area contributed by atoms with Crippen molar-refractivity contribution in [3.63, 3.8) is 0 Å². The minimum absolute atomic E-state index is 0.0498. The molecule has 3 rings (SSSR count). The summed E-state index contributed by atoms with van der Waals surface area (Å²) in [7, 11) is 0. The van der Waals surface area contributed by atoms with Crippen LogP contribution in [-0.2, 0) is 4.79 Å². The molecule has 0 N–H and O–H groups in total. The Morgan fingerprint density at radius 1 is 0.737 bits per heavy atom. The third-order valence-corrected chi connectivity index (χ3v) is 3.58. The maximum absolute atomic E-state index is 11.7. The monoisotopic (exact) mass is 310 g/mol. The zero-order valence-corrected chi connectivity index (χ0v) is 11.7. The van der Waals surface area contributed by atoms with Crippen LogP contribution < -0.4 is 0 Å². The SMILES string of the molecule is O=C1C=C(c2ccccc2)C(c2cccc(Br)c2)=C1. The number of hydrogen-bond acceptors (Lipinski definition) is 1. The van der Waals surface area contributed by atoms with Crippen molar-refractivity contribution in [2.24, 2.45) is 0 Å². The summed E-state index contributed by atoms with van der Waals surface area (Å²) in [6, 6.07) is 18.0. The summed E-state index contributed by atoms with van der Waals surface area (Å²) in [6.07, 6.45) is 3.40. The van der Waals surface area contributed by atoms with Gasteiger partial charge in [-0.15, -0.1) is 0 Å². The van der Waals surface area contributed by atoms with Gasteiger partial charge in [0, 0.05) is 4.47 Å². The van der Waals surface area contributed by atoms with E-state index in [9.17, 15) is 4.79 Å². The highest BCUT2D eigenvalue weighted by Crippen LogP contribution is 2.35. The van der Waals surface area contributed by atoms with Gasteiger partial charge in [0.2, 0.25) is 0 Å². The Hall–Kier alpha value is -1.93. The Morgan fingerprint density at radius 3 is 2.05 bits per heavy atom. The van der Waals surface area contributed by atoms with Gasteiger partial charge in [-0.2, -0.15) is 0 Å². The Morgan fingerprint density at radius 2 is 1.37 bits per heavy atom. The van der Waals surface area contributed by atoms with Crippen LogP contribution in [0.3, 0.4) is 0 Å². The Kier molecular flexibility index (Phi) is 3.18. The summed E-state index contributed by atoms with van der Waals surface area (Å²) in [5.41, 5.74) is 4.09. The van der Waals surface area contributed by atoms with E-state index in [-0.39, 0.29) is 5.78 Å². The van der Waals surface area contributed by atoms with Crippen LogP contribution in [0.4, 0.5) is 0 Å². The van der Waals surface area contributed by atoms with Gasteiger partial charge in [-0.25, -0.2) is 0 Å². The van der Waals surface area contributed by atoms with E-state index in [0.717, 1.165) is 26.7 Å². The summed E-state index contributed by atoms with van der Waals surface area (Å²) in [5, 5.41) is 0. The van der Waals surface area contributed by atoms with Crippen LogP contribution in [0.15, 0.2) is 71.2 Å². The molecule has 0 saturated carbocycles. The number of benzene rings is 2. The molecule has 2 heteroatoms. The van der Waals surface area contributed by atoms with Gasteiger partial charge in [-0.3, -0.25) is 4.79 Å². The van der Waals surface area contributed by atoms with Crippen LogP contribution in [0.1, 0.15) is 11.1 Å². The molecule has 0 heterocycles. The minimum Gasteiger partial charge on any atom is -0.290 e. The molecule has 0 bridgehead atoms. The van der Waals surface area contributed by atoms with Crippen molar-refractivity contribution in [2.75, 3.05) is 0 Å². The maximum atomic E-state index is 11.7. The first kappa shape index (κ1) is 12.1. The van der Waals surface area contributed by atoms with E-state index >= 15 is 0 Å².